The van der Waals surface area contributed by atoms with Gasteiger partial charge in [-0.25, -0.2) is 4.98 Å². The average Bonchev–Trinajstić information content (AvgIpc) is 2.68. The highest BCUT2D eigenvalue weighted by Gasteiger charge is 2.10. The van der Waals surface area contributed by atoms with E-state index in [0.29, 0.717) is 16.6 Å². The van der Waals surface area contributed by atoms with Crippen LogP contribution < -0.4 is 15.6 Å². The number of rotatable bonds is 7. The summed E-state index contributed by atoms with van der Waals surface area (Å²) in [6.07, 6.45) is 0. The second kappa shape index (κ2) is 9.23. The van der Waals surface area contributed by atoms with Crippen molar-refractivity contribution in [2.75, 3.05) is 11.1 Å². The van der Waals surface area contributed by atoms with Gasteiger partial charge in [-0.1, -0.05) is 48.2 Å². The molecule has 6 nitrogen and oxygen atoms in total. The Kier molecular flexibility index (Phi) is 6.49. The third kappa shape index (κ3) is 5.47. The van der Waals surface area contributed by atoms with Crippen molar-refractivity contribution in [2.24, 2.45) is 0 Å². The van der Waals surface area contributed by atoms with Gasteiger partial charge >= 0.3 is 0 Å². The summed E-state index contributed by atoms with van der Waals surface area (Å²) in [7, 11) is 0. The standard InChI is InChI=1S/C21H21N3O3S/c1-14-7-6-8-15(2)20(14)23-19(26)13-28-21-22-16(11-18(25)24-21)12-27-17-9-4-3-5-10-17/h3-11H,12-13H2,1-2H3,(H,23,26)(H,22,24,25). The highest BCUT2D eigenvalue weighted by Crippen LogP contribution is 2.20. The molecule has 28 heavy (non-hydrogen) atoms. The Morgan fingerprint density at radius 2 is 1.82 bits per heavy atom. The number of amides is 1. The molecule has 0 atom stereocenters. The number of benzene rings is 2. The lowest BCUT2D eigenvalue weighted by molar-refractivity contribution is -0.113. The molecule has 2 N–H and O–H groups in total. The van der Waals surface area contributed by atoms with Crippen molar-refractivity contribution in [3.63, 3.8) is 0 Å². The van der Waals surface area contributed by atoms with Crippen LogP contribution in [-0.4, -0.2) is 21.6 Å². The van der Waals surface area contributed by atoms with Crippen molar-refractivity contribution in [1.82, 2.24) is 9.97 Å². The molecule has 3 rings (SSSR count). The van der Waals surface area contributed by atoms with Crippen LogP contribution in [0.3, 0.4) is 0 Å². The Morgan fingerprint density at radius 3 is 2.54 bits per heavy atom. The summed E-state index contributed by atoms with van der Waals surface area (Å²) in [5.74, 6) is 0.683. The molecule has 0 saturated heterocycles. The van der Waals surface area contributed by atoms with E-state index in [9.17, 15) is 9.59 Å². The second-order valence-corrected chi connectivity index (χ2v) is 7.21. The fourth-order valence-electron chi connectivity index (χ4n) is 2.62. The van der Waals surface area contributed by atoms with Crippen LogP contribution in [0.4, 0.5) is 5.69 Å². The van der Waals surface area contributed by atoms with Crippen molar-refractivity contribution in [3.05, 3.63) is 81.8 Å². The SMILES string of the molecule is Cc1cccc(C)c1NC(=O)CSc1nc(COc2ccccc2)cc(=O)[nH]1. The molecule has 0 radical (unpaired) electrons. The molecule has 0 spiro atoms. The molecule has 144 valence electrons. The van der Waals surface area contributed by atoms with Crippen LogP contribution in [0.1, 0.15) is 16.8 Å². The number of para-hydroxylation sites is 2. The van der Waals surface area contributed by atoms with Crippen LogP contribution in [0, 0.1) is 13.8 Å². The number of aromatic amines is 1. The zero-order valence-corrected chi connectivity index (χ0v) is 16.5. The molecule has 0 fully saturated rings. The van der Waals surface area contributed by atoms with Gasteiger partial charge in [0.1, 0.15) is 12.4 Å². The molecule has 2 aromatic carbocycles. The maximum atomic E-state index is 12.3. The number of ether oxygens (including phenoxy) is 1. The molecular weight excluding hydrogens is 374 g/mol. The number of thioether (sulfide) groups is 1. The molecule has 0 aliphatic carbocycles. The molecular formula is C21H21N3O3S. The Labute approximate surface area is 167 Å². The van der Waals surface area contributed by atoms with Gasteiger partial charge in [-0.05, 0) is 37.1 Å². The first-order chi connectivity index (χ1) is 13.5. The first-order valence-corrected chi connectivity index (χ1v) is 9.77. The molecule has 0 unspecified atom stereocenters. The largest absolute Gasteiger partial charge is 0.487 e. The van der Waals surface area contributed by atoms with Gasteiger partial charge in [0.05, 0.1) is 11.4 Å². The Hall–Kier alpha value is -3.06. The minimum absolute atomic E-state index is 0.139. The first kappa shape index (κ1) is 19.7. The number of aryl methyl sites for hydroxylation is 2. The van der Waals surface area contributed by atoms with Crippen LogP contribution in [0.25, 0.3) is 0 Å². The van der Waals surface area contributed by atoms with E-state index >= 15 is 0 Å². The van der Waals surface area contributed by atoms with E-state index in [0.717, 1.165) is 16.8 Å². The van der Waals surface area contributed by atoms with E-state index in [1.807, 2.05) is 62.4 Å². The van der Waals surface area contributed by atoms with Gasteiger partial charge in [0, 0.05) is 11.8 Å². The van der Waals surface area contributed by atoms with Gasteiger partial charge in [-0.3, -0.25) is 9.59 Å². The normalized spacial score (nSPS) is 10.5. The van der Waals surface area contributed by atoms with Crippen molar-refractivity contribution in [3.8, 4) is 5.75 Å². The third-order valence-electron chi connectivity index (χ3n) is 3.99. The van der Waals surface area contributed by atoms with E-state index < -0.39 is 0 Å². The quantitative estimate of drug-likeness (QED) is 0.471. The van der Waals surface area contributed by atoms with Gasteiger partial charge in [-0.15, -0.1) is 0 Å². The minimum atomic E-state index is -0.278. The van der Waals surface area contributed by atoms with E-state index in [4.69, 9.17) is 4.74 Å². The number of H-pyrrole nitrogens is 1. The zero-order valence-electron chi connectivity index (χ0n) is 15.7. The fourth-order valence-corrected chi connectivity index (χ4v) is 3.32. The molecule has 0 aliphatic rings. The number of nitrogens with zero attached hydrogens (tertiary/aromatic N) is 1. The third-order valence-corrected chi connectivity index (χ3v) is 4.86. The molecule has 1 amide bonds. The predicted molar refractivity (Wildman–Crippen MR) is 111 cm³/mol. The summed E-state index contributed by atoms with van der Waals surface area (Å²) in [6.45, 7) is 4.08. The highest BCUT2D eigenvalue weighted by molar-refractivity contribution is 7.99. The van der Waals surface area contributed by atoms with Crippen LogP contribution in [0.15, 0.2) is 64.5 Å². The molecule has 7 heteroatoms. The van der Waals surface area contributed by atoms with Crippen molar-refractivity contribution in [1.29, 1.82) is 0 Å². The van der Waals surface area contributed by atoms with E-state index in [2.05, 4.69) is 15.3 Å². The Morgan fingerprint density at radius 1 is 1.11 bits per heavy atom. The predicted octanol–water partition coefficient (Wildman–Crippen LogP) is 3.70. The van der Waals surface area contributed by atoms with Crippen molar-refractivity contribution < 1.29 is 9.53 Å². The van der Waals surface area contributed by atoms with E-state index in [-0.39, 0.29) is 23.8 Å². The summed E-state index contributed by atoms with van der Waals surface area (Å²) in [4.78, 5) is 31.2. The second-order valence-electron chi connectivity index (χ2n) is 6.25. The molecule has 0 saturated carbocycles. The van der Waals surface area contributed by atoms with Gasteiger partial charge in [0.25, 0.3) is 5.56 Å². The Balaban J connectivity index is 1.60. The minimum Gasteiger partial charge on any atom is -0.487 e. The number of aromatic nitrogens is 2. The number of anilines is 1. The molecule has 0 bridgehead atoms. The van der Waals surface area contributed by atoms with Gasteiger partial charge in [0.15, 0.2) is 5.16 Å². The topological polar surface area (TPSA) is 84.1 Å². The van der Waals surface area contributed by atoms with Crippen LogP contribution >= 0.6 is 11.8 Å². The molecule has 1 heterocycles. The summed E-state index contributed by atoms with van der Waals surface area (Å²) in [5.41, 5.74) is 3.05. The van der Waals surface area contributed by atoms with E-state index in [1.54, 1.807) is 0 Å². The fraction of sp³-hybridized carbons (Fsp3) is 0.190. The smallest absolute Gasteiger partial charge is 0.251 e. The Bertz CT molecular complexity index is 999. The van der Waals surface area contributed by atoms with Gasteiger partial charge < -0.3 is 15.0 Å². The zero-order chi connectivity index (χ0) is 19.9. The lowest BCUT2D eigenvalue weighted by Gasteiger charge is -2.11. The van der Waals surface area contributed by atoms with Crippen molar-refractivity contribution in [2.45, 2.75) is 25.6 Å². The highest BCUT2D eigenvalue weighted by atomic mass is 32.2. The van der Waals surface area contributed by atoms with Gasteiger partial charge in [-0.2, -0.15) is 0 Å². The van der Waals surface area contributed by atoms with E-state index in [1.165, 1.54) is 17.8 Å². The summed E-state index contributed by atoms with van der Waals surface area (Å²) in [5, 5.41) is 3.31. The number of hydrogen-bond acceptors (Lipinski definition) is 5. The van der Waals surface area contributed by atoms with Crippen molar-refractivity contribution >= 4 is 23.4 Å². The van der Waals surface area contributed by atoms with Gasteiger partial charge in [0.2, 0.25) is 5.91 Å². The lowest BCUT2D eigenvalue weighted by atomic mass is 10.1. The van der Waals surface area contributed by atoms with Crippen LogP contribution in [0.2, 0.25) is 0 Å². The maximum absolute atomic E-state index is 12.3. The molecule has 3 aromatic rings. The number of carbonyl (C=O) groups is 1. The lowest BCUT2D eigenvalue weighted by Crippen LogP contribution is -2.17. The van der Waals surface area contributed by atoms with Crippen LogP contribution in [0.5, 0.6) is 5.75 Å². The number of hydrogen-bond donors (Lipinski definition) is 2. The monoisotopic (exact) mass is 395 g/mol. The number of carbonyl (C=O) groups excluding carboxylic acids is 1. The first-order valence-electron chi connectivity index (χ1n) is 8.78. The molecule has 0 aliphatic heterocycles. The average molecular weight is 395 g/mol. The summed E-state index contributed by atoms with van der Waals surface area (Å²) < 4.78 is 5.63. The number of nitrogens with one attached hydrogen (secondary N) is 2. The maximum Gasteiger partial charge on any atom is 0.251 e. The summed E-state index contributed by atoms with van der Waals surface area (Å²) in [6, 6.07) is 16.6. The molecule has 1 aromatic heterocycles. The van der Waals surface area contributed by atoms with Crippen LogP contribution in [-0.2, 0) is 11.4 Å². The summed E-state index contributed by atoms with van der Waals surface area (Å²) >= 11 is 1.18.